The molecule has 1 aliphatic heterocycles. The highest BCUT2D eigenvalue weighted by Gasteiger charge is 2.21. The number of pyridine rings is 1. The Morgan fingerprint density at radius 2 is 2.07 bits per heavy atom. The van der Waals surface area contributed by atoms with E-state index in [-0.39, 0.29) is 0 Å². The van der Waals surface area contributed by atoms with Gasteiger partial charge in [-0.3, -0.25) is 0 Å². The molecule has 30 heavy (non-hydrogen) atoms. The van der Waals surface area contributed by atoms with Gasteiger partial charge in [0.2, 0.25) is 5.88 Å². The van der Waals surface area contributed by atoms with Gasteiger partial charge in [-0.25, -0.2) is 9.98 Å². The number of rotatable bonds is 7. The van der Waals surface area contributed by atoms with Crippen molar-refractivity contribution < 1.29 is 4.74 Å². The van der Waals surface area contributed by atoms with Crippen LogP contribution in [0, 0.1) is 0 Å². The number of piperidine rings is 1. The maximum atomic E-state index is 6.04. The molecule has 0 spiro atoms. The van der Waals surface area contributed by atoms with E-state index in [0.29, 0.717) is 18.7 Å². The molecule has 0 unspecified atom stereocenters. The lowest BCUT2D eigenvalue weighted by atomic mass is 10.1. The summed E-state index contributed by atoms with van der Waals surface area (Å²) in [6.45, 7) is 5.75. The first-order chi connectivity index (χ1) is 14.8. The fourth-order valence-corrected chi connectivity index (χ4v) is 4.95. The smallest absolute Gasteiger partial charge is 0.213 e. The Morgan fingerprint density at radius 3 is 2.80 bits per heavy atom. The van der Waals surface area contributed by atoms with E-state index in [1.165, 1.54) is 17.8 Å². The van der Waals surface area contributed by atoms with Crippen molar-refractivity contribution in [3.05, 3.63) is 41.4 Å². The largest absolute Gasteiger partial charge is 0.474 e. The number of nitrogens with zero attached hydrogens (tertiary/aromatic N) is 3. The van der Waals surface area contributed by atoms with E-state index in [1.807, 2.05) is 29.7 Å². The summed E-state index contributed by atoms with van der Waals surface area (Å²) in [5, 5.41) is 10.6. The maximum Gasteiger partial charge on any atom is 0.213 e. The highest BCUT2D eigenvalue weighted by atomic mass is 32.1. The molecular formula is C23H33N5OS. The van der Waals surface area contributed by atoms with Crippen molar-refractivity contribution in [2.75, 3.05) is 24.5 Å². The molecule has 2 aromatic heterocycles. The van der Waals surface area contributed by atoms with Gasteiger partial charge in [-0.05, 0) is 74.6 Å². The van der Waals surface area contributed by atoms with Crippen molar-refractivity contribution in [3.8, 4) is 5.88 Å². The predicted octanol–water partition coefficient (Wildman–Crippen LogP) is 4.19. The zero-order valence-electron chi connectivity index (χ0n) is 17.8. The van der Waals surface area contributed by atoms with Crippen molar-refractivity contribution in [1.82, 2.24) is 15.6 Å². The van der Waals surface area contributed by atoms with E-state index in [4.69, 9.17) is 9.73 Å². The molecule has 0 atom stereocenters. The summed E-state index contributed by atoms with van der Waals surface area (Å²) in [4.78, 5) is 11.7. The molecular weight excluding hydrogens is 394 g/mol. The number of thiophene rings is 1. The fraction of sp³-hybridized carbons (Fsp3) is 0.565. The molecule has 7 heteroatoms. The molecule has 0 amide bonds. The number of aliphatic imine (C=N–C) groups is 1. The van der Waals surface area contributed by atoms with E-state index >= 15 is 0 Å². The lowest BCUT2D eigenvalue weighted by Crippen LogP contribution is -2.48. The first-order valence-corrected chi connectivity index (χ1v) is 12.1. The third kappa shape index (κ3) is 5.88. The molecule has 6 nitrogen and oxygen atoms in total. The zero-order chi connectivity index (χ0) is 20.6. The third-order valence-corrected chi connectivity index (χ3v) is 6.74. The Morgan fingerprint density at radius 1 is 1.23 bits per heavy atom. The molecule has 2 aromatic rings. The van der Waals surface area contributed by atoms with Crippen molar-refractivity contribution in [2.24, 2.45) is 4.99 Å². The lowest BCUT2D eigenvalue weighted by molar-refractivity contribution is 0.201. The van der Waals surface area contributed by atoms with Crippen LogP contribution in [0.1, 0.15) is 51.0 Å². The number of nitrogens with one attached hydrogen (secondary N) is 2. The predicted molar refractivity (Wildman–Crippen MR) is 125 cm³/mol. The molecule has 2 fully saturated rings. The zero-order valence-corrected chi connectivity index (χ0v) is 18.7. The molecule has 0 bridgehead atoms. The van der Waals surface area contributed by atoms with Gasteiger partial charge in [-0.15, -0.1) is 11.3 Å². The summed E-state index contributed by atoms with van der Waals surface area (Å²) in [5.74, 6) is 1.62. The van der Waals surface area contributed by atoms with E-state index in [0.717, 1.165) is 62.7 Å². The topological polar surface area (TPSA) is 61.8 Å². The summed E-state index contributed by atoms with van der Waals surface area (Å²) in [5.41, 5.74) is 1.13. The van der Waals surface area contributed by atoms with Gasteiger partial charge >= 0.3 is 0 Å². The molecule has 0 radical (unpaired) electrons. The molecule has 0 aromatic carbocycles. The van der Waals surface area contributed by atoms with E-state index < -0.39 is 0 Å². The summed E-state index contributed by atoms with van der Waals surface area (Å²) >= 11 is 1.82. The normalized spacial score (nSPS) is 18.6. The highest BCUT2D eigenvalue weighted by molar-refractivity contribution is 7.14. The lowest BCUT2D eigenvalue weighted by Gasteiger charge is -2.33. The quantitative estimate of drug-likeness (QED) is 0.512. The Bertz CT molecular complexity index is 796. The van der Waals surface area contributed by atoms with Gasteiger partial charge in [0.15, 0.2) is 5.96 Å². The third-order valence-electron chi connectivity index (χ3n) is 5.81. The van der Waals surface area contributed by atoms with Gasteiger partial charge in [0, 0.05) is 37.9 Å². The van der Waals surface area contributed by atoms with Crippen LogP contribution in [0.4, 0.5) is 5.00 Å². The number of anilines is 1. The average Bonchev–Trinajstić information content (AvgIpc) is 3.48. The van der Waals surface area contributed by atoms with E-state index in [1.54, 1.807) is 0 Å². The van der Waals surface area contributed by atoms with Crippen LogP contribution in [0.2, 0.25) is 0 Å². The van der Waals surface area contributed by atoms with Crippen LogP contribution in [-0.2, 0) is 6.54 Å². The Balaban J connectivity index is 1.30. The van der Waals surface area contributed by atoms with Gasteiger partial charge in [-0.1, -0.05) is 0 Å². The van der Waals surface area contributed by atoms with Gasteiger partial charge in [-0.2, -0.15) is 0 Å². The van der Waals surface area contributed by atoms with Gasteiger partial charge in [0.05, 0.1) is 11.5 Å². The summed E-state index contributed by atoms with van der Waals surface area (Å²) in [6.07, 6.45) is 9.21. The molecule has 1 saturated carbocycles. The van der Waals surface area contributed by atoms with E-state index in [9.17, 15) is 0 Å². The van der Waals surface area contributed by atoms with Crippen LogP contribution in [0.25, 0.3) is 0 Å². The highest BCUT2D eigenvalue weighted by Crippen LogP contribution is 2.25. The van der Waals surface area contributed by atoms with Crippen LogP contribution >= 0.6 is 11.3 Å². The SMILES string of the molecule is CCNC(=NCc1ccnc(OC2CCCC2)c1)NC1CCN(c2cccs2)CC1. The van der Waals surface area contributed by atoms with Crippen LogP contribution < -0.4 is 20.3 Å². The minimum absolute atomic E-state index is 0.329. The van der Waals surface area contributed by atoms with Crippen molar-refractivity contribution in [2.45, 2.75) is 64.1 Å². The minimum Gasteiger partial charge on any atom is -0.474 e. The first-order valence-electron chi connectivity index (χ1n) is 11.2. The summed E-state index contributed by atoms with van der Waals surface area (Å²) < 4.78 is 6.04. The van der Waals surface area contributed by atoms with E-state index in [2.05, 4.69) is 45.0 Å². The van der Waals surface area contributed by atoms with Crippen LogP contribution in [0.15, 0.2) is 40.8 Å². The second-order valence-electron chi connectivity index (χ2n) is 8.08. The Kier molecular flexibility index (Phi) is 7.45. The van der Waals surface area contributed by atoms with Crippen molar-refractivity contribution >= 4 is 22.3 Å². The molecule has 2 aliphatic rings. The molecule has 4 rings (SSSR count). The number of hydrogen-bond acceptors (Lipinski definition) is 5. The molecule has 2 N–H and O–H groups in total. The average molecular weight is 428 g/mol. The van der Waals surface area contributed by atoms with Gasteiger partial charge in [0.1, 0.15) is 6.10 Å². The number of ether oxygens (including phenoxy) is 1. The fourth-order valence-electron chi connectivity index (χ4n) is 4.17. The summed E-state index contributed by atoms with van der Waals surface area (Å²) in [7, 11) is 0. The van der Waals surface area contributed by atoms with Crippen molar-refractivity contribution in [3.63, 3.8) is 0 Å². The molecule has 3 heterocycles. The second kappa shape index (κ2) is 10.7. The standard InChI is InChI=1S/C23H33N5OS/c1-2-24-23(27-19-10-13-28(14-11-19)22-8-5-15-30-22)26-17-18-9-12-25-21(16-18)29-20-6-3-4-7-20/h5,8-9,12,15-16,19-20H,2-4,6-7,10-11,13-14,17H2,1H3,(H2,24,26,27). The monoisotopic (exact) mass is 427 g/mol. The minimum atomic E-state index is 0.329. The van der Waals surface area contributed by atoms with Crippen LogP contribution in [-0.4, -0.2) is 42.7 Å². The number of hydrogen-bond donors (Lipinski definition) is 2. The molecule has 1 saturated heterocycles. The van der Waals surface area contributed by atoms with Crippen LogP contribution in [0.3, 0.4) is 0 Å². The Labute approximate surface area is 183 Å². The molecule has 1 aliphatic carbocycles. The van der Waals surface area contributed by atoms with Crippen LogP contribution in [0.5, 0.6) is 5.88 Å². The van der Waals surface area contributed by atoms with Gasteiger partial charge < -0.3 is 20.3 Å². The number of aromatic nitrogens is 1. The molecule has 162 valence electrons. The second-order valence-corrected chi connectivity index (χ2v) is 9.00. The van der Waals surface area contributed by atoms with Crippen molar-refractivity contribution in [1.29, 1.82) is 0 Å². The first kappa shape index (κ1) is 21.0. The van der Waals surface area contributed by atoms with Gasteiger partial charge in [0.25, 0.3) is 0 Å². The maximum absolute atomic E-state index is 6.04. The summed E-state index contributed by atoms with van der Waals surface area (Å²) in [6, 6.07) is 8.85. The number of guanidine groups is 1. The Hall–Kier alpha value is -2.28.